The van der Waals surface area contributed by atoms with Gasteiger partial charge in [0.15, 0.2) is 11.5 Å². The van der Waals surface area contributed by atoms with Crippen LogP contribution in [0.1, 0.15) is 24.1 Å². The van der Waals surface area contributed by atoms with Crippen LogP contribution in [0.4, 0.5) is 5.69 Å². The summed E-state index contributed by atoms with van der Waals surface area (Å²) < 4.78 is 16.2. The number of aliphatic hydroxyl groups excluding tert-OH is 1. The van der Waals surface area contributed by atoms with Crippen molar-refractivity contribution in [2.75, 3.05) is 25.7 Å². The number of ketones is 1. The molecule has 0 aliphatic carbocycles. The summed E-state index contributed by atoms with van der Waals surface area (Å²) in [6.45, 7) is 2.31. The Morgan fingerprint density at radius 3 is 2.50 bits per heavy atom. The number of aromatic nitrogens is 1. The van der Waals surface area contributed by atoms with E-state index < -0.39 is 17.7 Å². The molecule has 1 saturated heterocycles. The van der Waals surface area contributed by atoms with E-state index in [2.05, 4.69) is 4.98 Å². The van der Waals surface area contributed by atoms with E-state index in [1.807, 2.05) is 6.92 Å². The van der Waals surface area contributed by atoms with Crippen LogP contribution in [0.5, 0.6) is 17.2 Å². The largest absolute Gasteiger partial charge is 0.507 e. The van der Waals surface area contributed by atoms with Crippen LogP contribution in [0.15, 0.2) is 72.6 Å². The third kappa shape index (κ3) is 4.05. The number of hydrogen-bond donors (Lipinski definition) is 1. The fourth-order valence-corrected chi connectivity index (χ4v) is 3.98. The second kappa shape index (κ2) is 9.66. The average Bonchev–Trinajstić information content (AvgIpc) is 3.14. The molecule has 1 amide bonds. The fraction of sp³-hybridized carbons (Fsp3) is 0.192. The number of benzene rings is 2. The van der Waals surface area contributed by atoms with E-state index >= 15 is 0 Å². The van der Waals surface area contributed by atoms with Crippen LogP contribution < -0.4 is 19.1 Å². The molecule has 1 unspecified atom stereocenters. The highest BCUT2D eigenvalue weighted by Gasteiger charge is 2.47. The maximum Gasteiger partial charge on any atom is 0.300 e. The average molecular weight is 460 g/mol. The van der Waals surface area contributed by atoms with Gasteiger partial charge in [-0.15, -0.1) is 0 Å². The number of carbonyl (C=O) groups is 2. The lowest BCUT2D eigenvalue weighted by molar-refractivity contribution is -0.132. The van der Waals surface area contributed by atoms with Crippen LogP contribution in [0.3, 0.4) is 0 Å². The number of amides is 1. The zero-order valence-electron chi connectivity index (χ0n) is 19.0. The topological polar surface area (TPSA) is 98.2 Å². The van der Waals surface area contributed by atoms with Crippen molar-refractivity contribution in [3.8, 4) is 17.2 Å². The van der Waals surface area contributed by atoms with Gasteiger partial charge in [-0.25, -0.2) is 0 Å². The first-order chi connectivity index (χ1) is 16.5. The molecule has 174 valence electrons. The van der Waals surface area contributed by atoms with Crippen molar-refractivity contribution < 1.29 is 28.9 Å². The SMILES string of the molecule is CCOc1cccc(N2C(=O)C(=O)/C(=C(/O)c3ccc(OC)c(OC)c3)C2c2cccnc2)c1. The lowest BCUT2D eigenvalue weighted by atomic mass is 9.96. The molecule has 2 aromatic carbocycles. The number of ether oxygens (including phenoxy) is 3. The molecule has 0 bridgehead atoms. The smallest absolute Gasteiger partial charge is 0.300 e. The van der Waals surface area contributed by atoms with Gasteiger partial charge >= 0.3 is 0 Å². The van der Waals surface area contributed by atoms with E-state index in [4.69, 9.17) is 14.2 Å². The van der Waals surface area contributed by atoms with Gasteiger partial charge in [0.25, 0.3) is 11.7 Å². The van der Waals surface area contributed by atoms with Crippen LogP contribution in [-0.2, 0) is 9.59 Å². The van der Waals surface area contributed by atoms with Gasteiger partial charge in [-0.2, -0.15) is 0 Å². The molecule has 0 saturated carbocycles. The summed E-state index contributed by atoms with van der Waals surface area (Å²) >= 11 is 0. The molecule has 3 aromatic rings. The Labute approximate surface area is 197 Å². The Morgan fingerprint density at radius 2 is 1.82 bits per heavy atom. The van der Waals surface area contributed by atoms with Crippen molar-refractivity contribution >= 4 is 23.1 Å². The van der Waals surface area contributed by atoms with Crippen molar-refractivity contribution in [2.45, 2.75) is 13.0 Å². The second-order valence-corrected chi connectivity index (χ2v) is 7.46. The third-order valence-electron chi connectivity index (χ3n) is 5.51. The van der Waals surface area contributed by atoms with Crippen molar-refractivity contribution in [3.63, 3.8) is 0 Å². The number of methoxy groups -OCH3 is 2. The van der Waals surface area contributed by atoms with Crippen molar-refractivity contribution in [1.82, 2.24) is 4.98 Å². The van der Waals surface area contributed by atoms with Crippen molar-refractivity contribution in [3.05, 3.63) is 83.7 Å². The minimum absolute atomic E-state index is 0.0490. The first kappa shape index (κ1) is 22.8. The predicted octanol–water partition coefficient (Wildman–Crippen LogP) is 4.12. The Bertz CT molecular complexity index is 1260. The van der Waals surface area contributed by atoms with Crippen molar-refractivity contribution in [2.24, 2.45) is 0 Å². The fourth-order valence-electron chi connectivity index (χ4n) is 3.98. The van der Waals surface area contributed by atoms with Crippen LogP contribution in [0.2, 0.25) is 0 Å². The molecular weight excluding hydrogens is 436 g/mol. The Morgan fingerprint density at radius 1 is 1.03 bits per heavy atom. The highest BCUT2D eigenvalue weighted by Crippen LogP contribution is 2.43. The molecule has 1 aromatic heterocycles. The Balaban J connectivity index is 1.91. The minimum atomic E-state index is -0.890. The molecule has 34 heavy (non-hydrogen) atoms. The number of carbonyl (C=O) groups excluding carboxylic acids is 2. The van der Waals surface area contributed by atoms with E-state index in [0.717, 1.165) is 0 Å². The third-order valence-corrected chi connectivity index (χ3v) is 5.51. The molecule has 2 heterocycles. The van der Waals surface area contributed by atoms with Gasteiger partial charge in [0.1, 0.15) is 11.5 Å². The van der Waals surface area contributed by atoms with E-state index in [-0.39, 0.29) is 11.3 Å². The molecule has 8 heteroatoms. The normalized spacial score (nSPS) is 17.0. The van der Waals surface area contributed by atoms with Gasteiger partial charge in [-0.3, -0.25) is 19.5 Å². The molecule has 0 spiro atoms. The molecule has 4 rings (SSSR count). The standard InChI is InChI=1S/C26H24N2O6/c1-4-34-19-9-5-8-18(14-19)28-23(17-7-6-12-27-15-17)22(25(30)26(28)31)24(29)16-10-11-20(32-2)21(13-16)33-3/h5-15,23,29H,4H2,1-3H3/b24-22+. The maximum absolute atomic E-state index is 13.3. The summed E-state index contributed by atoms with van der Waals surface area (Å²) in [6, 6.07) is 14.3. The zero-order chi connectivity index (χ0) is 24.2. The predicted molar refractivity (Wildman–Crippen MR) is 126 cm³/mol. The second-order valence-electron chi connectivity index (χ2n) is 7.46. The van der Waals surface area contributed by atoms with E-state index in [1.165, 1.54) is 19.1 Å². The molecular formula is C26H24N2O6. The molecule has 1 aliphatic rings. The highest BCUT2D eigenvalue weighted by molar-refractivity contribution is 6.51. The summed E-state index contributed by atoms with van der Waals surface area (Å²) in [5.74, 6) is -0.477. The summed E-state index contributed by atoms with van der Waals surface area (Å²) in [7, 11) is 2.98. The summed E-state index contributed by atoms with van der Waals surface area (Å²) in [5.41, 5.74) is 1.30. The number of anilines is 1. The van der Waals surface area contributed by atoms with Gasteiger partial charge in [0.05, 0.1) is 32.4 Å². The quantitative estimate of drug-likeness (QED) is 0.322. The molecule has 1 aliphatic heterocycles. The number of hydrogen-bond acceptors (Lipinski definition) is 7. The number of rotatable bonds is 7. The summed E-state index contributed by atoms with van der Waals surface area (Å²) in [4.78, 5) is 32.0. The van der Waals surface area contributed by atoms with Gasteiger partial charge in [0.2, 0.25) is 0 Å². The molecule has 1 atom stereocenters. The van der Waals surface area contributed by atoms with Gasteiger partial charge in [0, 0.05) is 29.7 Å². The van der Waals surface area contributed by atoms with Gasteiger partial charge < -0.3 is 19.3 Å². The van der Waals surface area contributed by atoms with Crippen molar-refractivity contribution in [1.29, 1.82) is 0 Å². The van der Waals surface area contributed by atoms with Crippen LogP contribution in [0.25, 0.3) is 5.76 Å². The van der Waals surface area contributed by atoms with Crippen LogP contribution in [-0.4, -0.2) is 42.6 Å². The van der Waals surface area contributed by atoms with Gasteiger partial charge in [-0.1, -0.05) is 12.1 Å². The highest BCUT2D eigenvalue weighted by atomic mass is 16.5. The summed E-state index contributed by atoms with van der Waals surface area (Å²) in [5, 5.41) is 11.3. The number of aliphatic hydroxyl groups is 1. The lowest BCUT2D eigenvalue weighted by Crippen LogP contribution is -2.29. The molecule has 1 N–H and O–H groups in total. The Kier molecular flexibility index (Phi) is 6.49. The first-order valence-corrected chi connectivity index (χ1v) is 10.7. The number of pyridine rings is 1. The Hall–Kier alpha value is -4.33. The van der Waals surface area contributed by atoms with E-state index in [9.17, 15) is 14.7 Å². The zero-order valence-corrected chi connectivity index (χ0v) is 19.0. The molecule has 1 fully saturated rings. The maximum atomic E-state index is 13.3. The molecule has 8 nitrogen and oxygen atoms in total. The van der Waals surface area contributed by atoms with Gasteiger partial charge in [-0.05, 0) is 48.9 Å². The number of nitrogens with zero attached hydrogens (tertiary/aromatic N) is 2. The van der Waals surface area contributed by atoms with Crippen LogP contribution >= 0.6 is 0 Å². The number of Topliss-reactive ketones (excluding diaryl/α,β-unsaturated/α-hetero) is 1. The lowest BCUT2D eigenvalue weighted by Gasteiger charge is -2.25. The monoisotopic (exact) mass is 460 g/mol. The van der Waals surface area contributed by atoms with Crippen LogP contribution in [0, 0.1) is 0 Å². The first-order valence-electron chi connectivity index (χ1n) is 10.7. The van der Waals surface area contributed by atoms with E-state index in [1.54, 1.807) is 67.0 Å². The minimum Gasteiger partial charge on any atom is -0.507 e. The molecule has 0 radical (unpaired) electrons. The van der Waals surface area contributed by atoms with E-state index in [0.29, 0.717) is 40.7 Å². The summed E-state index contributed by atoms with van der Waals surface area (Å²) in [6.07, 6.45) is 3.16.